The fraction of sp³-hybridized carbons (Fsp3) is 0.714. The van der Waals surface area contributed by atoms with Crippen molar-refractivity contribution in [2.75, 3.05) is 0 Å². The second-order valence-electron chi connectivity index (χ2n) is 5.75. The third kappa shape index (κ3) is 2.18. The molecule has 4 heteroatoms. The monoisotopic (exact) mass is 326 g/mol. The molecule has 0 saturated heterocycles. The zero-order valence-corrected chi connectivity index (χ0v) is 13.1. The molecule has 3 atom stereocenters. The third-order valence-electron chi connectivity index (χ3n) is 4.54. The van der Waals surface area contributed by atoms with Crippen molar-refractivity contribution in [3.05, 3.63) is 20.6 Å². The third-order valence-corrected chi connectivity index (χ3v) is 5.96. The zero-order chi connectivity index (χ0) is 12.7. The van der Waals surface area contributed by atoms with Crippen molar-refractivity contribution in [1.82, 2.24) is 9.97 Å². The maximum atomic E-state index is 5.39. The van der Waals surface area contributed by atoms with Crippen LogP contribution < -0.4 is 0 Å². The fourth-order valence-corrected chi connectivity index (χ4v) is 4.31. The molecule has 1 aromatic heterocycles. The van der Waals surface area contributed by atoms with Crippen LogP contribution in [0.5, 0.6) is 0 Å². The summed E-state index contributed by atoms with van der Waals surface area (Å²) in [6.07, 6.45) is 7.71. The molecule has 2 fully saturated rings. The SMILES string of the molecule is CCCc1[nH]c(C2CC3CCC2C3)nc(=S)c1Br. The molecule has 0 aromatic carbocycles. The number of hydrogen-bond acceptors (Lipinski definition) is 2. The summed E-state index contributed by atoms with van der Waals surface area (Å²) < 4.78 is 1.72. The molecular formula is C14H19BrN2S. The van der Waals surface area contributed by atoms with Crippen molar-refractivity contribution in [3.63, 3.8) is 0 Å². The molecule has 98 valence electrons. The first-order valence-electron chi connectivity index (χ1n) is 6.97. The maximum absolute atomic E-state index is 5.39. The van der Waals surface area contributed by atoms with Crippen LogP contribution in [-0.2, 0) is 6.42 Å². The number of nitrogens with one attached hydrogen (secondary N) is 1. The Balaban J connectivity index is 1.95. The largest absolute Gasteiger partial charge is 0.346 e. The first kappa shape index (κ1) is 12.8. The lowest BCUT2D eigenvalue weighted by Crippen LogP contribution is -2.13. The predicted molar refractivity (Wildman–Crippen MR) is 79.3 cm³/mol. The molecule has 2 saturated carbocycles. The smallest absolute Gasteiger partial charge is 0.144 e. The summed E-state index contributed by atoms with van der Waals surface area (Å²) >= 11 is 8.95. The Bertz CT molecular complexity index is 511. The van der Waals surface area contributed by atoms with Gasteiger partial charge in [0.1, 0.15) is 10.5 Å². The molecule has 2 aliphatic carbocycles. The number of aromatic nitrogens is 2. The van der Waals surface area contributed by atoms with Crippen molar-refractivity contribution in [3.8, 4) is 0 Å². The van der Waals surface area contributed by atoms with E-state index < -0.39 is 0 Å². The van der Waals surface area contributed by atoms with Crippen LogP contribution in [0.2, 0.25) is 0 Å². The lowest BCUT2D eigenvalue weighted by molar-refractivity contribution is 0.404. The van der Waals surface area contributed by atoms with E-state index in [0.717, 1.165) is 39.6 Å². The molecule has 1 aromatic rings. The van der Waals surface area contributed by atoms with Crippen molar-refractivity contribution in [1.29, 1.82) is 0 Å². The van der Waals surface area contributed by atoms with Crippen LogP contribution in [0, 0.1) is 16.5 Å². The molecule has 2 aliphatic rings. The van der Waals surface area contributed by atoms with E-state index in [1.165, 1.54) is 31.4 Å². The number of fused-ring (bicyclic) bond motifs is 2. The molecule has 0 amide bonds. The molecule has 0 spiro atoms. The molecule has 3 rings (SSSR count). The highest BCUT2D eigenvalue weighted by molar-refractivity contribution is 9.10. The summed E-state index contributed by atoms with van der Waals surface area (Å²) in [7, 11) is 0. The van der Waals surface area contributed by atoms with Crippen molar-refractivity contribution >= 4 is 28.1 Å². The predicted octanol–water partition coefficient (Wildman–Crippen LogP) is 4.76. The average Bonchev–Trinajstić information content (AvgIpc) is 2.97. The first-order chi connectivity index (χ1) is 8.69. The van der Waals surface area contributed by atoms with Crippen molar-refractivity contribution in [2.45, 2.75) is 51.4 Å². The van der Waals surface area contributed by atoms with Gasteiger partial charge in [0.25, 0.3) is 0 Å². The highest BCUT2D eigenvalue weighted by Gasteiger charge is 2.41. The van der Waals surface area contributed by atoms with Crippen LogP contribution in [0.4, 0.5) is 0 Å². The van der Waals surface area contributed by atoms with E-state index in [1.54, 1.807) is 0 Å². The van der Waals surface area contributed by atoms with Gasteiger partial charge in [-0.1, -0.05) is 32.0 Å². The van der Waals surface area contributed by atoms with Gasteiger partial charge in [-0.05, 0) is 53.4 Å². The number of hydrogen-bond donors (Lipinski definition) is 1. The number of nitrogens with zero attached hydrogens (tertiary/aromatic N) is 1. The van der Waals surface area contributed by atoms with E-state index in [2.05, 4.69) is 32.8 Å². The summed E-state index contributed by atoms with van der Waals surface area (Å²) in [6, 6.07) is 0. The molecule has 2 nitrogen and oxygen atoms in total. The summed E-state index contributed by atoms with van der Waals surface area (Å²) in [5.74, 6) is 3.58. The fourth-order valence-electron chi connectivity index (χ4n) is 3.70. The first-order valence-corrected chi connectivity index (χ1v) is 8.17. The molecular weight excluding hydrogens is 308 g/mol. The highest BCUT2D eigenvalue weighted by Crippen LogP contribution is 2.52. The molecule has 3 unspecified atom stereocenters. The van der Waals surface area contributed by atoms with Crippen molar-refractivity contribution < 1.29 is 0 Å². The Kier molecular flexibility index (Phi) is 3.59. The number of aromatic amines is 1. The molecule has 2 bridgehead atoms. The number of aryl methyl sites for hydroxylation is 1. The highest BCUT2D eigenvalue weighted by atomic mass is 79.9. The van der Waals surface area contributed by atoms with Gasteiger partial charge in [-0.15, -0.1) is 0 Å². The molecule has 18 heavy (non-hydrogen) atoms. The Hall–Kier alpha value is -0.220. The standard InChI is InChI=1S/C14H19BrN2S/c1-2-3-11-12(15)14(18)17-13(16-11)10-7-8-4-5-9(10)6-8/h8-10H,2-7H2,1H3,(H,16,17,18). The molecule has 1 heterocycles. The van der Waals surface area contributed by atoms with Gasteiger partial charge >= 0.3 is 0 Å². The zero-order valence-electron chi connectivity index (χ0n) is 10.7. The minimum atomic E-state index is 0.633. The van der Waals surface area contributed by atoms with Gasteiger partial charge in [-0.25, -0.2) is 4.98 Å². The minimum Gasteiger partial charge on any atom is -0.346 e. The van der Waals surface area contributed by atoms with Crippen molar-refractivity contribution in [2.24, 2.45) is 11.8 Å². The van der Waals surface area contributed by atoms with E-state index >= 15 is 0 Å². The minimum absolute atomic E-state index is 0.633. The van der Waals surface area contributed by atoms with Crippen LogP contribution >= 0.6 is 28.1 Å². The summed E-state index contributed by atoms with van der Waals surface area (Å²) in [5, 5.41) is 0. The van der Waals surface area contributed by atoms with Crippen LogP contribution in [0.25, 0.3) is 0 Å². The summed E-state index contributed by atoms with van der Waals surface area (Å²) in [5.41, 5.74) is 1.23. The Morgan fingerprint density at radius 2 is 2.22 bits per heavy atom. The van der Waals surface area contributed by atoms with Gasteiger partial charge in [0.2, 0.25) is 0 Å². The van der Waals surface area contributed by atoms with E-state index in [9.17, 15) is 0 Å². The van der Waals surface area contributed by atoms with Gasteiger partial charge in [-0.2, -0.15) is 0 Å². The second-order valence-corrected chi connectivity index (χ2v) is 6.93. The number of rotatable bonds is 3. The van der Waals surface area contributed by atoms with Gasteiger partial charge in [-0.3, -0.25) is 0 Å². The van der Waals surface area contributed by atoms with Gasteiger partial charge in [0.05, 0.1) is 4.47 Å². The van der Waals surface area contributed by atoms with E-state index in [4.69, 9.17) is 12.2 Å². The summed E-state index contributed by atoms with van der Waals surface area (Å²) in [4.78, 5) is 8.19. The summed E-state index contributed by atoms with van der Waals surface area (Å²) in [6.45, 7) is 2.20. The maximum Gasteiger partial charge on any atom is 0.144 e. The van der Waals surface area contributed by atoms with Gasteiger partial charge < -0.3 is 4.98 Å². The van der Waals surface area contributed by atoms with E-state index in [0.29, 0.717) is 5.92 Å². The Labute approximate surface area is 122 Å². The topological polar surface area (TPSA) is 28.7 Å². The quantitative estimate of drug-likeness (QED) is 0.811. The normalized spacial score (nSPS) is 30.0. The molecule has 1 N–H and O–H groups in total. The Morgan fingerprint density at radius 1 is 1.39 bits per heavy atom. The van der Waals surface area contributed by atoms with Crippen LogP contribution in [0.15, 0.2) is 4.47 Å². The van der Waals surface area contributed by atoms with Crippen LogP contribution in [0.3, 0.4) is 0 Å². The van der Waals surface area contributed by atoms with E-state index in [-0.39, 0.29) is 0 Å². The number of halogens is 1. The lowest BCUT2D eigenvalue weighted by Gasteiger charge is -2.21. The average molecular weight is 327 g/mol. The number of H-pyrrole nitrogens is 1. The van der Waals surface area contributed by atoms with E-state index in [1.807, 2.05) is 0 Å². The molecule has 0 aliphatic heterocycles. The van der Waals surface area contributed by atoms with Crippen LogP contribution in [0.1, 0.15) is 56.5 Å². The van der Waals surface area contributed by atoms with Gasteiger partial charge in [0, 0.05) is 11.6 Å². The second kappa shape index (κ2) is 5.04. The van der Waals surface area contributed by atoms with Gasteiger partial charge in [0.15, 0.2) is 0 Å². The lowest BCUT2D eigenvalue weighted by atomic mass is 9.88. The molecule has 0 radical (unpaired) electrons. The van der Waals surface area contributed by atoms with Crippen LogP contribution in [-0.4, -0.2) is 9.97 Å². The Morgan fingerprint density at radius 3 is 2.83 bits per heavy atom.